The van der Waals surface area contributed by atoms with Gasteiger partial charge in [-0.05, 0) is 25.3 Å². The largest absolute Gasteiger partial charge is 0.383 e. The Morgan fingerprint density at radius 1 is 1.43 bits per heavy atom. The van der Waals surface area contributed by atoms with E-state index >= 15 is 0 Å². The molecule has 0 radical (unpaired) electrons. The number of nitrogens with zero attached hydrogens (tertiary/aromatic N) is 3. The molecule has 0 saturated carbocycles. The lowest BCUT2D eigenvalue weighted by molar-refractivity contribution is -0.145. The predicted molar refractivity (Wildman–Crippen MR) is 79.5 cm³/mol. The molecule has 2 aromatic rings. The first kappa shape index (κ1) is 13.9. The van der Waals surface area contributed by atoms with Gasteiger partial charge in [0.05, 0.1) is 24.0 Å². The van der Waals surface area contributed by atoms with Gasteiger partial charge in [0.1, 0.15) is 16.5 Å². The number of imide groups is 1. The Labute approximate surface area is 125 Å². The van der Waals surface area contributed by atoms with Gasteiger partial charge in [0.25, 0.3) is 0 Å². The maximum absolute atomic E-state index is 11.9. The minimum atomic E-state index is -0.795. The van der Waals surface area contributed by atoms with Crippen LogP contribution in [0.1, 0.15) is 19.7 Å². The fourth-order valence-electron chi connectivity index (χ4n) is 2.25. The summed E-state index contributed by atoms with van der Waals surface area (Å²) < 4.78 is 0. The molecule has 3 heterocycles. The third kappa shape index (κ3) is 2.36. The average molecular weight is 305 g/mol. The molecule has 2 amide bonds. The van der Waals surface area contributed by atoms with E-state index in [1.165, 1.54) is 11.3 Å². The molecular formula is C13H15N5O2S. The number of carbonyl (C=O) groups is 2. The van der Waals surface area contributed by atoms with Crippen LogP contribution in [-0.2, 0) is 16.1 Å². The van der Waals surface area contributed by atoms with Crippen LogP contribution in [0.25, 0.3) is 10.2 Å². The number of nitrogen functional groups attached to an aromatic ring is 1. The van der Waals surface area contributed by atoms with Gasteiger partial charge in [-0.1, -0.05) is 0 Å². The molecule has 8 heteroatoms. The van der Waals surface area contributed by atoms with Gasteiger partial charge >= 0.3 is 0 Å². The number of rotatable bonds is 2. The van der Waals surface area contributed by atoms with E-state index in [9.17, 15) is 9.59 Å². The van der Waals surface area contributed by atoms with Gasteiger partial charge in [-0.3, -0.25) is 19.8 Å². The first-order valence-electron chi connectivity index (χ1n) is 6.47. The lowest BCUT2D eigenvalue weighted by Crippen LogP contribution is -2.63. The van der Waals surface area contributed by atoms with Crippen LogP contribution in [0.3, 0.4) is 0 Å². The zero-order valence-electron chi connectivity index (χ0n) is 11.7. The van der Waals surface area contributed by atoms with Gasteiger partial charge < -0.3 is 5.73 Å². The Hall–Kier alpha value is -2.06. The second kappa shape index (κ2) is 4.74. The van der Waals surface area contributed by atoms with E-state index in [0.717, 1.165) is 10.2 Å². The molecule has 1 aliphatic rings. The summed E-state index contributed by atoms with van der Waals surface area (Å²) in [4.78, 5) is 34.8. The number of amides is 2. The minimum absolute atomic E-state index is 0.129. The van der Waals surface area contributed by atoms with Gasteiger partial charge in [-0.2, -0.15) is 0 Å². The number of piperazine rings is 1. The summed E-state index contributed by atoms with van der Waals surface area (Å²) in [6.07, 6.45) is 0. The van der Waals surface area contributed by atoms with Crippen molar-refractivity contribution >= 4 is 39.2 Å². The monoisotopic (exact) mass is 305 g/mol. The van der Waals surface area contributed by atoms with Crippen LogP contribution in [0.15, 0.2) is 11.4 Å². The molecule has 7 nitrogen and oxygen atoms in total. The van der Waals surface area contributed by atoms with E-state index in [1.54, 1.807) is 18.7 Å². The van der Waals surface area contributed by atoms with Crippen LogP contribution in [0.2, 0.25) is 0 Å². The molecule has 0 aliphatic carbocycles. The summed E-state index contributed by atoms with van der Waals surface area (Å²) in [7, 11) is 0. The molecule has 1 aliphatic heterocycles. The number of nitrogens with one attached hydrogen (secondary N) is 1. The molecule has 1 saturated heterocycles. The molecule has 2 aromatic heterocycles. The second-order valence-electron chi connectivity index (χ2n) is 5.46. The van der Waals surface area contributed by atoms with Crippen molar-refractivity contribution in [1.82, 2.24) is 20.2 Å². The Morgan fingerprint density at radius 3 is 2.95 bits per heavy atom. The molecule has 0 aromatic carbocycles. The first-order chi connectivity index (χ1) is 9.88. The molecule has 0 bridgehead atoms. The lowest BCUT2D eigenvalue weighted by atomic mass is 9.99. The van der Waals surface area contributed by atoms with E-state index in [4.69, 9.17) is 5.73 Å². The van der Waals surface area contributed by atoms with Crippen molar-refractivity contribution in [3.8, 4) is 0 Å². The van der Waals surface area contributed by atoms with Crippen molar-refractivity contribution < 1.29 is 9.59 Å². The van der Waals surface area contributed by atoms with Gasteiger partial charge in [0.15, 0.2) is 0 Å². The van der Waals surface area contributed by atoms with Crippen LogP contribution in [0.4, 0.5) is 5.82 Å². The smallest absolute Gasteiger partial charge is 0.246 e. The van der Waals surface area contributed by atoms with Crippen molar-refractivity contribution in [3.05, 3.63) is 17.3 Å². The van der Waals surface area contributed by atoms with Gasteiger partial charge in [0, 0.05) is 0 Å². The first-order valence-corrected chi connectivity index (χ1v) is 7.35. The number of hydrogen-bond donors (Lipinski definition) is 2. The third-order valence-electron chi connectivity index (χ3n) is 3.67. The van der Waals surface area contributed by atoms with Crippen LogP contribution in [0.5, 0.6) is 0 Å². The van der Waals surface area contributed by atoms with Crippen molar-refractivity contribution in [3.63, 3.8) is 0 Å². The zero-order valence-corrected chi connectivity index (χ0v) is 12.5. The lowest BCUT2D eigenvalue weighted by Gasteiger charge is -2.39. The van der Waals surface area contributed by atoms with Gasteiger partial charge in [-0.25, -0.2) is 9.97 Å². The van der Waals surface area contributed by atoms with E-state index in [1.807, 2.05) is 11.4 Å². The van der Waals surface area contributed by atoms with Gasteiger partial charge in [-0.15, -0.1) is 11.3 Å². The van der Waals surface area contributed by atoms with Crippen LogP contribution in [0, 0.1) is 0 Å². The number of anilines is 1. The number of hydrogen-bond acceptors (Lipinski definition) is 7. The second-order valence-corrected chi connectivity index (χ2v) is 6.35. The normalized spacial score (nSPS) is 19.0. The average Bonchev–Trinajstić information content (AvgIpc) is 2.85. The van der Waals surface area contributed by atoms with E-state index in [2.05, 4.69) is 15.3 Å². The highest BCUT2D eigenvalue weighted by molar-refractivity contribution is 7.16. The summed E-state index contributed by atoms with van der Waals surface area (Å²) in [5.41, 5.74) is 5.12. The molecule has 0 atom stereocenters. The highest BCUT2D eigenvalue weighted by Gasteiger charge is 2.41. The van der Waals surface area contributed by atoms with E-state index < -0.39 is 5.54 Å². The van der Waals surface area contributed by atoms with Gasteiger partial charge in [0.2, 0.25) is 11.8 Å². The Balaban J connectivity index is 1.93. The summed E-state index contributed by atoms with van der Waals surface area (Å²) >= 11 is 1.48. The Morgan fingerprint density at radius 2 is 2.19 bits per heavy atom. The van der Waals surface area contributed by atoms with Crippen LogP contribution in [-0.4, -0.2) is 38.8 Å². The van der Waals surface area contributed by atoms with Crippen molar-refractivity contribution in [2.45, 2.75) is 25.9 Å². The fourth-order valence-corrected chi connectivity index (χ4v) is 3.04. The maximum Gasteiger partial charge on any atom is 0.246 e. The Kier molecular flexibility index (Phi) is 3.14. The number of nitrogens with two attached hydrogens (primary N) is 1. The molecule has 110 valence electrons. The predicted octanol–water partition coefficient (Wildman–Crippen LogP) is 0.511. The molecule has 1 fully saturated rings. The zero-order chi connectivity index (χ0) is 15.2. The summed E-state index contributed by atoms with van der Waals surface area (Å²) in [6, 6.07) is 1.88. The molecule has 3 rings (SSSR count). The standard InChI is InChI=1S/C13H15N5O2S/c1-13(2)12(20)17-9(19)6-18(13)5-8-15-10(14)7-3-4-21-11(7)16-8/h3-4H,5-6H2,1-2H3,(H2,14,15,16)(H,17,19,20). The maximum atomic E-state index is 11.9. The van der Waals surface area contributed by atoms with Crippen molar-refractivity contribution in [2.75, 3.05) is 12.3 Å². The number of carbonyl (C=O) groups excluding carboxylic acids is 2. The topological polar surface area (TPSA) is 101 Å². The molecular weight excluding hydrogens is 290 g/mol. The SMILES string of the molecule is CC1(C)C(=O)NC(=O)CN1Cc1nc(N)c2ccsc2n1. The molecule has 0 spiro atoms. The van der Waals surface area contributed by atoms with Crippen LogP contribution < -0.4 is 11.1 Å². The third-order valence-corrected chi connectivity index (χ3v) is 4.47. The summed E-state index contributed by atoms with van der Waals surface area (Å²) in [5.74, 6) is 0.299. The quantitative estimate of drug-likeness (QED) is 0.784. The van der Waals surface area contributed by atoms with Crippen molar-refractivity contribution in [1.29, 1.82) is 0 Å². The van der Waals surface area contributed by atoms with E-state index in [-0.39, 0.29) is 18.4 Å². The number of thiophene rings is 1. The molecule has 3 N–H and O–H groups in total. The highest BCUT2D eigenvalue weighted by Crippen LogP contribution is 2.25. The van der Waals surface area contributed by atoms with Crippen LogP contribution >= 0.6 is 11.3 Å². The minimum Gasteiger partial charge on any atom is -0.383 e. The Bertz CT molecular complexity index is 739. The van der Waals surface area contributed by atoms with Crippen molar-refractivity contribution in [2.24, 2.45) is 0 Å². The highest BCUT2D eigenvalue weighted by atomic mass is 32.1. The summed E-state index contributed by atoms with van der Waals surface area (Å²) in [6.45, 7) is 3.96. The summed E-state index contributed by atoms with van der Waals surface area (Å²) in [5, 5.41) is 5.07. The molecule has 0 unspecified atom stereocenters. The number of fused-ring (bicyclic) bond motifs is 1. The fraction of sp³-hybridized carbons (Fsp3) is 0.385. The number of aromatic nitrogens is 2. The molecule has 21 heavy (non-hydrogen) atoms. The van der Waals surface area contributed by atoms with E-state index in [0.29, 0.717) is 18.2 Å².